The van der Waals surface area contributed by atoms with Gasteiger partial charge in [-0.3, -0.25) is 9.88 Å². The van der Waals surface area contributed by atoms with Gasteiger partial charge >= 0.3 is 0 Å². The zero-order chi connectivity index (χ0) is 24.0. The van der Waals surface area contributed by atoms with Crippen LogP contribution < -0.4 is 4.74 Å². The highest BCUT2D eigenvalue weighted by Gasteiger charge is 2.34. The number of rotatable bonds is 7. The van der Waals surface area contributed by atoms with E-state index < -0.39 is 6.10 Å². The highest BCUT2D eigenvalue weighted by atomic mass is 35.5. The molecule has 0 spiro atoms. The molecule has 1 aromatic carbocycles. The highest BCUT2D eigenvalue weighted by Crippen LogP contribution is 2.40. The molecule has 0 unspecified atom stereocenters. The standard InChI is InChI=1S/C27H30ClN3O3/c1-34-21-7-8-24-22(17-21)26(23(28)18-30-24)25(33)9-10-27(19-32)11-15-31(16-12-27)14-4-6-20-5-2-3-13-29-20/h2-3,5,7-8,13,17-18,25,32-33H,9-12,14-16,19H2,1H3/t25-/m1/s1. The van der Waals surface area contributed by atoms with Gasteiger partial charge in [-0.2, -0.15) is 0 Å². The van der Waals surface area contributed by atoms with Crippen LogP contribution in [0.1, 0.15) is 43.0 Å². The number of benzene rings is 1. The quantitative estimate of drug-likeness (QED) is 0.494. The van der Waals surface area contributed by atoms with Gasteiger partial charge in [0.2, 0.25) is 0 Å². The lowest BCUT2D eigenvalue weighted by atomic mass is 9.74. The Morgan fingerprint density at radius 1 is 1.21 bits per heavy atom. The second-order valence-corrected chi connectivity index (χ2v) is 9.32. The van der Waals surface area contributed by atoms with Gasteiger partial charge in [0.05, 0.1) is 30.3 Å². The van der Waals surface area contributed by atoms with E-state index in [0.717, 1.165) is 42.5 Å². The summed E-state index contributed by atoms with van der Waals surface area (Å²) in [6.45, 7) is 2.51. The molecule has 2 aromatic heterocycles. The van der Waals surface area contributed by atoms with Crippen LogP contribution in [-0.2, 0) is 0 Å². The molecular formula is C27H30ClN3O3. The average molecular weight is 480 g/mol. The Morgan fingerprint density at radius 2 is 2.03 bits per heavy atom. The first-order valence-corrected chi connectivity index (χ1v) is 11.9. The van der Waals surface area contributed by atoms with E-state index >= 15 is 0 Å². The Morgan fingerprint density at radius 3 is 2.74 bits per heavy atom. The Balaban J connectivity index is 1.38. The second-order valence-electron chi connectivity index (χ2n) is 8.91. The van der Waals surface area contributed by atoms with Crippen LogP contribution >= 0.6 is 11.6 Å². The SMILES string of the molecule is COc1ccc2ncc(Cl)c([C@H](O)CCC3(CO)CCN(CC#Cc4ccccn4)CC3)c2c1. The minimum absolute atomic E-state index is 0.103. The molecule has 1 fully saturated rings. The number of ether oxygens (including phenoxy) is 1. The number of hydrogen-bond acceptors (Lipinski definition) is 6. The normalized spacial score (nSPS) is 16.6. The van der Waals surface area contributed by atoms with Crippen LogP contribution in [0.3, 0.4) is 0 Å². The molecule has 0 saturated carbocycles. The molecule has 1 atom stereocenters. The number of aliphatic hydroxyl groups is 2. The monoisotopic (exact) mass is 479 g/mol. The van der Waals surface area contributed by atoms with Crippen LogP contribution in [0.2, 0.25) is 5.02 Å². The number of halogens is 1. The third-order valence-corrected chi connectivity index (χ3v) is 7.09. The maximum Gasteiger partial charge on any atom is 0.119 e. The minimum Gasteiger partial charge on any atom is -0.497 e. The molecule has 3 heterocycles. The molecule has 7 heteroatoms. The molecule has 4 rings (SSSR count). The number of aliphatic hydroxyl groups excluding tert-OH is 2. The summed E-state index contributed by atoms with van der Waals surface area (Å²) in [5, 5.41) is 22.6. The lowest BCUT2D eigenvalue weighted by molar-refractivity contribution is 0.0273. The van der Waals surface area contributed by atoms with Crippen molar-refractivity contribution in [1.29, 1.82) is 0 Å². The molecule has 1 aliphatic rings. The number of fused-ring (bicyclic) bond motifs is 1. The van der Waals surface area contributed by atoms with Crippen LogP contribution in [0.15, 0.2) is 48.8 Å². The van der Waals surface area contributed by atoms with E-state index in [4.69, 9.17) is 16.3 Å². The summed E-state index contributed by atoms with van der Waals surface area (Å²) in [5.41, 5.74) is 1.99. The van der Waals surface area contributed by atoms with Gasteiger partial charge in [0.15, 0.2) is 0 Å². The lowest BCUT2D eigenvalue weighted by Crippen LogP contribution is -2.42. The van der Waals surface area contributed by atoms with Crippen molar-refractivity contribution in [3.8, 4) is 17.6 Å². The summed E-state index contributed by atoms with van der Waals surface area (Å²) in [6, 6.07) is 11.3. The number of hydrogen-bond donors (Lipinski definition) is 2. The Hall–Kier alpha value is -2.69. The van der Waals surface area contributed by atoms with Gasteiger partial charge in [0.1, 0.15) is 11.4 Å². The zero-order valence-electron chi connectivity index (χ0n) is 19.4. The van der Waals surface area contributed by atoms with Crippen molar-refractivity contribution >= 4 is 22.5 Å². The first-order chi connectivity index (χ1) is 16.5. The zero-order valence-corrected chi connectivity index (χ0v) is 20.1. The average Bonchev–Trinajstić information content (AvgIpc) is 2.88. The third kappa shape index (κ3) is 5.68. The van der Waals surface area contributed by atoms with Crippen molar-refractivity contribution in [3.63, 3.8) is 0 Å². The fourth-order valence-corrected chi connectivity index (χ4v) is 4.85. The molecule has 0 bridgehead atoms. The number of methoxy groups -OCH3 is 1. The minimum atomic E-state index is -0.754. The van der Waals surface area contributed by atoms with Gasteiger partial charge in [0, 0.05) is 30.0 Å². The van der Waals surface area contributed by atoms with Gasteiger partial charge in [-0.05, 0) is 80.4 Å². The van der Waals surface area contributed by atoms with Gasteiger partial charge < -0.3 is 14.9 Å². The van der Waals surface area contributed by atoms with Crippen LogP contribution in [0, 0.1) is 17.3 Å². The summed E-state index contributed by atoms with van der Waals surface area (Å²) in [7, 11) is 1.61. The molecule has 3 aromatic rings. The summed E-state index contributed by atoms with van der Waals surface area (Å²) in [5.74, 6) is 6.99. The first kappa shape index (κ1) is 24.4. The van der Waals surface area contributed by atoms with Crippen LogP contribution in [-0.4, -0.2) is 58.4 Å². The van der Waals surface area contributed by atoms with E-state index in [1.54, 1.807) is 19.5 Å². The second kappa shape index (κ2) is 11.2. The number of nitrogens with zero attached hydrogens (tertiary/aromatic N) is 3. The summed E-state index contributed by atoms with van der Waals surface area (Å²) in [4.78, 5) is 10.9. The van der Waals surface area contributed by atoms with Crippen molar-refractivity contribution < 1.29 is 14.9 Å². The molecule has 34 heavy (non-hydrogen) atoms. The first-order valence-electron chi connectivity index (χ1n) is 11.6. The van der Waals surface area contributed by atoms with Crippen molar-refractivity contribution in [2.45, 2.75) is 31.8 Å². The topological polar surface area (TPSA) is 78.7 Å². The van der Waals surface area contributed by atoms with Crippen LogP contribution in [0.25, 0.3) is 10.9 Å². The number of piperidine rings is 1. The van der Waals surface area contributed by atoms with Crippen LogP contribution in [0.4, 0.5) is 0 Å². The maximum atomic E-state index is 11.1. The largest absolute Gasteiger partial charge is 0.497 e. The summed E-state index contributed by atoms with van der Waals surface area (Å²) >= 11 is 6.46. The molecule has 1 aliphatic heterocycles. The van der Waals surface area contributed by atoms with Gasteiger partial charge in [0.25, 0.3) is 0 Å². The molecule has 0 amide bonds. The smallest absolute Gasteiger partial charge is 0.119 e. The van der Waals surface area contributed by atoms with E-state index in [1.807, 2.05) is 36.4 Å². The summed E-state index contributed by atoms with van der Waals surface area (Å²) < 4.78 is 5.35. The predicted octanol–water partition coefficient (Wildman–Crippen LogP) is 4.23. The molecule has 178 valence electrons. The molecule has 2 N–H and O–H groups in total. The van der Waals surface area contributed by atoms with E-state index in [0.29, 0.717) is 35.7 Å². The van der Waals surface area contributed by atoms with E-state index in [9.17, 15) is 10.2 Å². The number of likely N-dealkylation sites (tertiary alicyclic amines) is 1. The lowest BCUT2D eigenvalue weighted by Gasteiger charge is -2.40. The molecule has 0 radical (unpaired) electrons. The molecule has 1 saturated heterocycles. The van der Waals surface area contributed by atoms with Gasteiger partial charge in [-0.15, -0.1) is 0 Å². The van der Waals surface area contributed by atoms with Gasteiger partial charge in [-0.1, -0.05) is 23.6 Å². The van der Waals surface area contributed by atoms with Crippen molar-refractivity contribution in [2.75, 3.05) is 33.4 Å². The predicted molar refractivity (Wildman–Crippen MR) is 134 cm³/mol. The van der Waals surface area contributed by atoms with E-state index in [2.05, 4.69) is 26.7 Å². The highest BCUT2D eigenvalue weighted by molar-refractivity contribution is 6.32. The van der Waals surface area contributed by atoms with Crippen molar-refractivity contribution in [1.82, 2.24) is 14.9 Å². The maximum absolute atomic E-state index is 11.1. The van der Waals surface area contributed by atoms with Crippen molar-refractivity contribution in [3.05, 3.63) is 65.1 Å². The van der Waals surface area contributed by atoms with E-state index in [1.165, 1.54) is 0 Å². The summed E-state index contributed by atoms with van der Waals surface area (Å²) in [6.07, 6.45) is 5.52. The van der Waals surface area contributed by atoms with Crippen molar-refractivity contribution in [2.24, 2.45) is 5.41 Å². The number of aromatic nitrogens is 2. The molecular weight excluding hydrogens is 450 g/mol. The van der Waals surface area contributed by atoms with E-state index in [-0.39, 0.29) is 12.0 Å². The third-order valence-electron chi connectivity index (χ3n) is 6.79. The number of pyridine rings is 2. The fourth-order valence-electron chi connectivity index (χ4n) is 4.57. The molecule has 0 aliphatic carbocycles. The Bertz CT molecular complexity index is 1170. The van der Waals surface area contributed by atoms with Crippen LogP contribution in [0.5, 0.6) is 5.75 Å². The Labute approximate surface area is 205 Å². The fraction of sp³-hybridized carbons (Fsp3) is 0.407. The Kier molecular flexibility index (Phi) is 8.02. The molecule has 6 nitrogen and oxygen atoms in total. The van der Waals surface area contributed by atoms with Gasteiger partial charge in [-0.25, -0.2) is 4.98 Å².